The number of amides is 1. The van der Waals surface area contributed by atoms with Crippen LogP contribution in [0.2, 0.25) is 0 Å². The van der Waals surface area contributed by atoms with Crippen molar-refractivity contribution in [1.82, 2.24) is 9.47 Å². The second-order valence-corrected chi connectivity index (χ2v) is 9.56. The third-order valence-electron chi connectivity index (χ3n) is 5.55. The molecule has 2 fully saturated rings. The number of carbonyl (C=O) groups is 1. The Bertz CT molecular complexity index is 1050. The van der Waals surface area contributed by atoms with E-state index in [4.69, 9.17) is 21.7 Å². The van der Waals surface area contributed by atoms with E-state index in [-0.39, 0.29) is 29.2 Å². The summed E-state index contributed by atoms with van der Waals surface area (Å²) >= 11 is 6.62. The van der Waals surface area contributed by atoms with Gasteiger partial charge in [0.2, 0.25) is 0 Å². The molecular formula is C22H28N4O4S2. The second kappa shape index (κ2) is 10.2. The predicted octanol–water partition coefficient (Wildman–Crippen LogP) is 2.51. The number of nitrogens with zero attached hydrogens (tertiary/aromatic N) is 4. The molecule has 0 aliphatic carbocycles. The minimum atomic E-state index is -0.320. The number of thioether (sulfide) groups is 1. The van der Waals surface area contributed by atoms with Gasteiger partial charge >= 0.3 is 0 Å². The van der Waals surface area contributed by atoms with Crippen molar-refractivity contribution >= 4 is 46.1 Å². The van der Waals surface area contributed by atoms with Crippen molar-refractivity contribution in [1.29, 1.82) is 5.26 Å². The van der Waals surface area contributed by atoms with Gasteiger partial charge in [-0.3, -0.25) is 19.1 Å². The Labute approximate surface area is 197 Å². The van der Waals surface area contributed by atoms with E-state index in [0.717, 1.165) is 0 Å². The van der Waals surface area contributed by atoms with Crippen molar-refractivity contribution in [3.05, 3.63) is 31.9 Å². The van der Waals surface area contributed by atoms with E-state index in [2.05, 4.69) is 11.0 Å². The maximum Gasteiger partial charge on any atom is 0.270 e. The number of pyridine rings is 1. The topological polar surface area (TPSA) is 87.8 Å². The maximum atomic E-state index is 13.1. The molecular weight excluding hydrogens is 448 g/mol. The highest BCUT2D eigenvalue weighted by atomic mass is 32.2. The summed E-state index contributed by atoms with van der Waals surface area (Å²) in [5.74, 6) is 0.511. The molecule has 8 nitrogen and oxygen atoms in total. The molecule has 0 radical (unpaired) electrons. The number of rotatable bonds is 6. The Morgan fingerprint density at radius 3 is 2.53 bits per heavy atom. The van der Waals surface area contributed by atoms with Crippen LogP contribution >= 0.6 is 24.0 Å². The molecule has 0 N–H and O–H groups in total. The number of morpholine rings is 1. The van der Waals surface area contributed by atoms with Gasteiger partial charge in [-0.05, 0) is 39.3 Å². The molecule has 3 rings (SSSR count). The zero-order valence-corrected chi connectivity index (χ0v) is 20.6. The SMILES string of the molecule is CCn1c(N2CC(C)OC(C)C2)c(/C=C2\SC(=S)N(CCOC)C2=O)c(C)c(C#N)c1=O. The summed E-state index contributed by atoms with van der Waals surface area (Å²) in [5.41, 5.74) is 1.02. The zero-order valence-electron chi connectivity index (χ0n) is 19.0. The minimum Gasteiger partial charge on any atom is -0.383 e. The molecule has 2 atom stereocenters. The van der Waals surface area contributed by atoms with Crippen LogP contribution in [0.1, 0.15) is 37.5 Å². The van der Waals surface area contributed by atoms with Gasteiger partial charge in [-0.15, -0.1) is 0 Å². The van der Waals surface area contributed by atoms with Gasteiger partial charge in [-0.2, -0.15) is 5.26 Å². The van der Waals surface area contributed by atoms with Crippen LogP contribution in [-0.4, -0.2) is 65.3 Å². The van der Waals surface area contributed by atoms with Crippen LogP contribution < -0.4 is 10.5 Å². The Kier molecular flexibility index (Phi) is 7.77. The van der Waals surface area contributed by atoms with E-state index in [1.54, 1.807) is 24.7 Å². The van der Waals surface area contributed by atoms with Gasteiger partial charge in [0, 0.05) is 32.3 Å². The average molecular weight is 477 g/mol. The van der Waals surface area contributed by atoms with Crippen LogP contribution in [0, 0.1) is 18.3 Å². The lowest BCUT2D eigenvalue weighted by Gasteiger charge is -2.39. The number of carbonyl (C=O) groups excluding carboxylic acids is 1. The second-order valence-electron chi connectivity index (χ2n) is 7.89. The van der Waals surface area contributed by atoms with Crippen LogP contribution in [0.15, 0.2) is 9.70 Å². The van der Waals surface area contributed by atoms with Crippen molar-refractivity contribution in [3.8, 4) is 6.07 Å². The summed E-state index contributed by atoms with van der Waals surface area (Å²) in [6.45, 7) is 9.99. The highest BCUT2D eigenvalue weighted by Crippen LogP contribution is 2.36. The van der Waals surface area contributed by atoms with Gasteiger partial charge in [0.15, 0.2) is 0 Å². The monoisotopic (exact) mass is 476 g/mol. The molecule has 10 heteroatoms. The van der Waals surface area contributed by atoms with Crippen LogP contribution in [0.4, 0.5) is 5.82 Å². The molecule has 2 unspecified atom stereocenters. The lowest BCUT2D eigenvalue weighted by Crippen LogP contribution is -2.48. The minimum absolute atomic E-state index is 0.0183. The van der Waals surface area contributed by atoms with Crippen molar-refractivity contribution in [2.24, 2.45) is 0 Å². The van der Waals surface area contributed by atoms with E-state index in [0.29, 0.717) is 59.0 Å². The van der Waals surface area contributed by atoms with Crippen LogP contribution in [-0.2, 0) is 20.8 Å². The van der Waals surface area contributed by atoms with Crippen molar-refractivity contribution in [2.45, 2.75) is 46.4 Å². The summed E-state index contributed by atoms with van der Waals surface area (Å²) in [4.78, 5) is 30.2. The predicted molar refractivity (Wildman–Crippen MR) is 130 cm³/mol. The van der Waals surface area contributed by atoms with Gasteiger partial charge in [0.1, 0.15) is 21.8 Å². The van der Waals surface area contributed by atoms with E-state index >= 15 is 0 Å². The number of aromatic nitrogens is 1. The molecule has 0 bridgehead atoms. The van der Waals surface area contributed by atoms with Gasteiger partial charge in [-0.1, -0.05) is 24.0 Å². The Hall–Kier alpha value is -2.19. The van der Waals surface area contributed by atoms with Crippen LogP contribution in [0.3, 0.4) is 0 Å². The fourth-order valence-corrected chi connectivity index (χ4v) is 5.43. The van der Waals surface area contributed by atoms with Gasteiger partial charge in [-0.25, -0.2) is 0 Å². The molecule has 1 amide bonds. The van der Waals surface area contributed by atoms with E-state index in [9.17, 15) is 14.9 Å². The maximum absolute atomic E-state index is 13.1. The normalized spacial score (nSPS) is 22.7. The van der Waals surface area contributed by atoms with E-state index < -0.39 is 0 Å². The van der Waals surface area contributed by atoms with Crippen molar-refractivity contribution in [3.63, 3.8) is 0 Å². The fourth-order valence-electron chi connectivity index (χ4n) is 4.14. The Balaban J connectivity index is 2.20. The van der Waals surface area contributed by atoms with Gasteiger partial charge in [0.25, 0.3) is 11.5 Å². The smallest absolute Gasteiger partial charge is 0.270 e. The largest absolute Gasteiger partial charge is 0.383 e. The van der Waals surface area contributed by atoms with Crippen LogP contribution in [0.5, 0.6) is 0 Å². The molecule has 32 heavy (non-hydrogen) atoms. The molecule has 2 saturated heterocycles. The lowest BCUT2D eigenvalue weighted by atomic mass is 10.0. The molecule has 0 saturated carbocycles. The third kappa shape index (κ3) is 4.62. The average Bonchev–Trinajstić information content (AvgIpc) is 3.00. The number of ether oxygens (including phenoxy) is 2. The Morgan fingerprint density at radius 1 is 1.31 bits per heavy atom. The first-order valence-electron chi connectivity index (χ1n) is 10.6. The molecule has 1 aromatic heterocycles. The van der Waals surface area contributed by atoms with Gasteiger partial charge < -0.3 is 14.4 Å². The molecule has 3 heterocycles. The molecule has 172 valence electrons. The standard InChI is InChI=1S/C22H28N4O4S2/c1-6-25-19(24-11-13(2)30-14(3)12-24)16(15(4)17(10-23)20(25)27)9-18-21(28)26(7-8-29-5)22(31)32-18/h9,13-14H,6-8,11-12H2,1-5H3/b18-9-. The third-order valence-corrected chi connectivity index (χ3v) is 6.93. The molecule has 2 aliphatic rings. The van der Waals surface area contributed by atoms with Crippen molar-refractivity contribution < 1.29 is 14.3 Å². The molecule has 1 aromatic rings. The molecule has 2 aliphatic heterocycles. The highest BCUT2D eigenvalue weighted by molar-refractivity contribution is 8.26. The van der Waals surface area contributed by atoms with Crippen molar-refractivity contribution in [2.75, 3.05) is 38.3 Å². The number of thiocarbonyl (C=S) groups is 1. The number of hydrogen-bond donors (Lipinski definition) is 0. The summed E-state index contributed by atoms with van der Waals surface area (Å²) in [7, 11) is 1.57. The number of anilines is 1. The summed E-state index contributed by atoms with van der Waals surface area (Å²) in [6, 6.07) is 2.06. The lowest BCUT2D eigenvalue weighted by molar-refractivity contribution is -0.122. The first kappa shape index (κ1) is 24.5. The fraction of sp³-hybridized carbons (Fsp3) is 0.545. The van der Waals surface area contributed by atoms with Gasteiger partial charge in [0.05, 0.1) is 30.3 Å². The highest BCUT2D eigenvalue weighted by Gasteiger charge is 2.34. The first-order chi connectivity index (χ1) is 15.2. The summed E-state index contributed by atoms with van der Waals surface area (Å²) in [5, 5.41) is 9.69. The summed E-state index contributed by atoms with van der Waals surface area (Å²) < 4.78 is 13.1. The Morgan fingerprint density at radius 2 is 1.97 bits per heavy atom. The van der Waals surface area contributed by atoms with Crippen LogP contribution in [0.25, 0.3) is 6.08 Å². The van der Waals surface area contributed by atoms with E-state index in [1.807, 2.05) is 20.8 Å². The number of methoxy groups -OCH3 is 1. The van der Waals surface area contributed by atoms with E-state index in [1.165, 1.54) is 16.7 Å². The number of nitriles is 1. The number of hydrogen-bond acceptors (Lipinski definition) is 8. The first-order valence-corrected chi connectivity index (χ1v) is 11.8. The summed E-state index contributed by atoms with van der Waals surface area (Å²) in [6.07, 6.45) is 1.74. The zero-order chi connectivity index (χ0) is 23.6. The molecule has 0 spiro atoms. The quantitative estimate of drug-likeness (QED) is 0.457. The molecule has 0 aromatic carbocycles.